The molecule has 2 rings (SSSR count). The Balaban J connectivity index is 2.16. The number of anilines is 1. The van der Waals surface area contributed by atoms with Crippen LogP contribution in [-0.2, 0) is 0 Å². The number of nitrogens with zero attached hydrogens (tertiary/aromatic N) is 1. The summed E-state index contributed by atoms with van der Waals surface area (Å²) >= 11 is 0. The second-order valence-electron chi connectivity index (χ2n) is 5.82. The van der Waals surface area contributed by atoms with Crippen molar-refractivity contribution in [2.75, 3.05) is 24.5 Å². The molecule has 1 atom stereocenters. The number of hydrogen-bond donors (Lipinski definition) is 2. The average Bonchev–Trinajstić information content (AvgIpc) is 2.39. The van der Waals surface area contributed by atoms with Crippen molar-refractivity contribution in [2.45, 2.75) is 45.3 Å². The highest BCUT2D eigenvalue weighted by atomic mass is 16.3. The first-order valence-electron chi connectivity index (χ1n) is 7.33. The lowest BCUT2D eigenvalue weighted by Crippen LogP contribution is -2.43. The van der Waals surface area contributed by atoms with E-state index in [1.54, 1.807) is 0 Å². The highest BCUT2D eigenvalue weighted by Crippen LogP contribution is 2.31. The molecule has 1 aromatic carbocycles. The minimum atomic E-state index is -0.487. The van der Waals surface area contributed by atoms with Gasteiger partial charge >= 0.3 is 0 Å². The molecule has 1 heterocycles. The Morgan fingerprint density at radius 2 is 1.95 bits per heavy atom. The lowest BCUT2D eigenvalue weighted by Gasteiger charge is -2.38. The molecule has 1 saturated heterocycles. The third-order valence-corrected chi connectivity index (χ3v) is 4.09. The maximum absolute atomic E-state index is 10.1. The molecule has 0 spiro atoms. The number of hydrogen-bond acceptors (Lipinski definition) is 3. The Bertz CT molecular complexity index is 407. The molecule has 1 aliphatic heterocycles. The summed E-state index contributed by atoms with van der Waals surface area (Å²) in [6.45, 7) is 9.13. The molecule has 19 heavy (non-hydrogen) atoms. The van der Waals surface area contributed by atoms with E-state index in [0.717, 1.165) is 32.5 Å². The summed E-state index contributed by atoms with van der Waals surface area (Å²) in [6, 6.07) is 8.97. The molecule has 0 radical (unpaired) electrons. The van der Waals surface area contributed by atoms with Crippen LogP contribution in [0.4, 0.5) is 5.69 Å². The summed E-state index contributed by atoms with van der Waals surface area (Å²) in [4.78, 5) is 2.40. The molecular formula is C16H26N2O. The van der Waals surface area contributed by atoms with Gasteiger partial charge in [0, 0.05) is 24.8 Å². The van der Waals surface area contributed by atoms with Gasteiger partial charge in [0.05, 0.1) is 5.60 Å². The molecule has 106 valence electrons. The largest absolute Gasteiger partial charge is 0.390 e. The fourth-order valence-corrected chi connectivity index (χ4v) is 2.79. The van der Waals surface area contributed by atoms with E-state index >= 15 is 0 Å². The van der Waals surface area contributed by atoms with E-state index in [0.29, 0.717) is 6.04 Å². The van der Waals surface area contributed by atoms with Crippen LogP contribution in [0.1, 0.15) is 45.2 Å². The monoisotopic (exact) mass is 262 g/mol. The number of benzene rings is 1. The van der Waals surface area contributed by atoms with Crippen molar-refractivity contribution in [2.24, 2.45) is 0 Å². The van der Waals surface area contributed by atoms with Gasteiger partial charge < -0.3 is 15.3 Å². The van der Waals surface area contributed by atoms with E-state index < -0.39 is 5.60 Å². The molecule has 0 amide bonds. The number of para-hydroxylation sites is 1. The van der Waals surface area contributed by atoms with E-state index in [9.17, 15) is 5.11 Å². The molecule has 0 aliphatic carbocycles. The number of piperidine rings is 1. The van der Waals surface area contributed by atoms with Crippen LogP contribution < -0.4 is 10.2 Å². The first kappa shape index (κ1) is 14.4. The summed E-state index contributed by atoms with van der Waals surface area (Å²) in [5, 5.41) is 13.5. The highest BCUT2D eigenvalue weighted by molar-refractivity contribution is 5.55. The molecular weight excluding hydrogens is 236 g/mol. The maximum Gasteiger partial charge on any atom is 0.0653 e. The summed E-state index contributed by atoms with van der Waals surface area (Å²) in [5.41, 5.74) is 2.18. The molecule has 1 aliphatic rings. The summed E-state index contributed by atoms with van der Waals surface area (Å²) in [6.07, 6.45) is 1.69. The van der Waals surface area contributed by atoms with Crippen molar-refractivity contribution in [3.8, 4) is 0 Å². The van der Waals surface area contributed by atoms with Crippen molar-refractivity contribution < 1.29 is 5.11 Å². The Morgan fingerprint density at radius 1 is 1.32 bits per heavy atom. The predicted octanol–water partition coefficient (Wildman–Crippen LogP) is 2.71. The number of aliphatic hydroxyl groups is 1. The Kier molecular flexibility index (Phi) is 4.48. The average molecular weight is 262 g/mol. The van der Waals surface area contributed by atoms with Gasteiger partial charge in [0.25, 0.3) is 0 Å². The van der Waals surface area contributed by atoms with E-state index in [4.69, 9.17) is 0 Å². The summed E-state index contributed by atoms with van der Waals surface area (Å²) in [7, 11) is 0. The Labute approximate surface area is 116 Å². The van der Waals surface area contributed by atoms with Crippen LogP contribution in [0.2, 0.25) is 0 Å². The van der Waals surface area contributed by atoms with Crippen LogP contribution in [0.5, 0.6) is 0 Å². The Hall–Kier alpha value is -1.06. The quantitative estimate of drug-likeness (QED) is 0.876. The van der Waals surface area contributed by atoms with Gasteiger partial charge in [0.1, 0.15) is 0 Å². The fraction of sp³-hybridized carbons (Fsp3) is 0.625. The standard InChI is InChI=1S/C16H26N2O/c1-4-17-13(2)14-7-5-6-8-15(14)18-11-9-16(3,19)10-12-18/h5-8,13,17,19H,4,9-12H2,1-3H3. The van der Waals surface area contributed by atoms with Gasteiger partial charge in [-0.05, 0) is 44.9 Å². The molecule has 3 nitrogen and oxygen atoms in total. The van der Waals surface area contributed by atoms with Crippen molar-refractivity contribution in [3.05, 3.63) is 29.8 Å². The molecule has 1 fully saturated rings. The zero-order valence-corrected chi connectivity index (χ0v) is 12.3. The van der Waals surface area contributed by atoms with Crippen molar-refractivity contribution in [3.63, 3.8) is 0 Å². The SMILES string of the molecule is CCNC(C)c1ccccc1N1CCC(C)(O)CC1. The van der Waals surface area contributed by atoms with E-state index in [1.165, 1.54) is 11.3 Å². The first-order valence-corrected chi connectivity index (χ1v) is 7.33. The smallest absolute Gasteiger partial charge is 0.0653 e. The first-order chi connectivity index (χ1) is 9.03. The van der Waals surface area contributed by atoms with Gasteiger partial charge in [0.15, 0.2) is 0 Å². The predicted molar refractivity (Wildman–Crippen MR) is 80.6 cm³/mol. The molecule has 0 saturated carbocycles. The van der Waals surface area contributed by atoms with Crippen LogP contribution in [0, 0.1) is 0 Å². The molecule has 3 heteroatoms. The van der Waals surface area contributed by atoms with Crippen LogP contribution in [0.3, 0.4) is 0 Å². The minimum Gasteiger partial charge on any atom is -0.390 e. The summed E-state index contributed by atoms with van der Waals surface area (Å²) in [5.74, 6) is 0. The molecule has 1 unspecified atom stereocenters. The second-order valence-corrected chi connectivity index (χ2v) is 5.82. The van der Waals surface area contributed by atoms with Gasteiger partial charge in [-0.3, -0.25) is 0 Å². The van der Waals surface area contributed by atoms with E-state index in [1.807, 2.05) is 6.92 Å². The lowest BCUT2D eigenvalue weighted by atomic mass is 9.92. The lowest BCUT2D eigenvalue weighted by molar-refractivity contribution is 0.0351. The zero-order valence-electron chi connectivity index (χ0n) is 12.3. The molecule has 0 bridgehead atoms. The third kappa shape index (κ3) is 3.48. The normalized spacial score (nSPS) is 20.3. The topological polar surface area (TPSA) is 35.5 Å². The zero-order chi connectivity index (χ0) is 13.9. The third-order valence-electron chi connectivity index (χ3n) is 4.09. The van der Waals surface area contributed by atoms with Gasteiger partial charge in [-0.25, -0.2) is 0 Å². The van der Waals surface area contributed by atoms with E-state index in [-0.39, 0.29) is 0 Å². The van der Waals surface area contributed by atoms with Gasteiger partial charge in [-0.1, -0.05) is 25.1 Å². The minimum absolute atomic E-state index is 0.364. The second kappa shape index (κ2) is 5.93. The van der Waals surface area contributed by atoms with Crippen LogP contribution in [0.25, 0.3) is 0 Å². The van der Waals surface area contributed by atoms with Crippen molar-refractivity contribution >= 4 is 5.69 Å². The van der Waals surface area contributed by atoms with Gasteiger partial charge in [0.2, 0.25) is 0 Å². The van der Waals surface area contributed by atoms with Crippen LogP contribution in [0.15, 0.2) is 24.3 Å². The van der Waals surface area contributed by atoms with Crippen molar-refractivity contribution in [1.82, 2.24) is 5.32 Å². The number of rotatable bonds is 4. The molecule has 1 aromatic rings. The van der Waals surface area contributed by atoms with E-state index in [2.05, 4.69) is 48.3 Å². The maximum atomic E-state index is 10.1. The molecule has 2 N–H and O–H groups in total. The Morgan fingerprint density at radius 3 is 2.58 bits per heavy atom. The summed E-state index contributed by atoms with van der Waals surface area (Å²) < 4.78 is 0. The van der Waals surface area contributed by atoms with Gasteiger partial charge in [-0.15, -0.1) is 0 Å². The highest BCUT2D eigenvalue weighted by Gasteiger charge is 2.28. The van der Waals surface area contributed by atoms with Gasteiger partial charge in [-0.2, -0.15) is 0 Å². The van der Waals surface area contributed by atoms with Crippen LogP contribution >= 0.6 is 0 Å². The molecule has 0 aromatic heterocycles. The number of nitrogens with one attached hydrogen (secondary N) is 1. The fourth-order valence-electron chi connectivity index (χ4n) is 2.79. The van der Waals surface area contributed by atoms with Crippen LogP contribution in [-0.4, -0.2) is 30.3 Å². The van der Waals surface area contributed by atoms with Crippen molar-refractivity contribution in [1.29, 1.82) is 0 Å².